The SMILES string of the molecule is O=C(c1ccc(O)cc1)N(CCCl)CCCl. The highest BCUT2D eigenvalue weighted by molar-refractivity contribution is 6.18. The van der Waals surface area contributed by atoms with Crippen molar-refractivity contribution in [2.75, 3.05) is 24.8 Å². The van der Waals surface area contributed by atoms with Gasteiger partial charge in [-0.05, 0) is 24.3 Å². The van der Waals surface area contributed by atoms with Gasteiger partial charge in [0.15, 0.2) is 0 Å². The van der Waals surface area contributed by atoms with Gasteiger partial charge in [0.05, 0.1) is 0 Å². The number of benzene rings is 1. The summed E-state index contributed by atoms with van der Waals surface area (Å²) < 4.78 is 0. The molecule has 5 heteroatoms. The molecule has 88 valence electrons. The third-order valence-electron chi connectivity index (χ3n) is 2.11. The minimum atomic E-state index is -0.124. The molecule has 0 radical (unpaired) electrons. The van der Waals surface area contributed by atoms with E-state index in [4.69, 9.17) is 28.3 Å². The van der Waals surface area contributed by atoms with Crippen LogP contribution in [0.2, 0.25) is 0 Å². The second kappa shape index (κ2) is 6.61. The maximum Gasteiger partial charge on any atom is 0.253 e. The Morgan fingerprint density at radius 3 is 2.06 bits per heavy atom. The second-order valence-electron chi connectivity index (χ2n) is 3.22. The molecule has 0 atom stereocenters. The van der Waals surface area contributed by atoms with Crippen LogP contribution in [0.25, 0.3) is 0 Å². The zero-order chi connectivity index (χ0) is 12.0. The number of alkyl halides is 2. The van der Waals surface area contributed by atoms with Crippen molar-refractivity contribution in [3.8, 4) is 5.75 Å². The van der Waals surface area contributed by atoms with Crippen LogP contribution in [0.15, 0.2) is 24.3 Å². The molecule has 0 heterocycles. The average molecular weight is 262 g/mol. The van der Waals surface area contributed by atoms with E-state index >= 15 is 0 Å². The standard InChI is InChI=1S/C11H13Cl2NO2/c12-5-7-14(8-6-13)11(16)9-1-3-10(15)4-2-9/h1-4,15H,5-8H2. The molecular weight excluding hydrogens is 249 g/mol. The van der Waals surface area contributed by atoms with E-state index in [0.717, 1.165) is 0 Å². The van der Waals surface area contributed by atoms with Crippen molar-refractivity contribution in [2.45, 2.75) is 0 Å². The quantitative estimate of drug-likeness (QED) is 0.827. The molecular formula is C11H13Cl2NO2. The minimum Gasteiger partial charge on any atom is -0.508 e. The van der Waals surface area contributed by atoms with E-state index in [1.807, 2.05) is 0 Å². The summed E-state index contributed by atoms with van der Waals surface area (Å²) in [6, 6.07) is 6.11. The van der Waals surface area contributed by atoms with Crippen molar-refractivity contribution in [3.05, 3.63) is 29.8 Å². The van der Waals surface area contributed by atoms with Gasteiger partial charge in [-0.2, -0.15) is 0 Å². The Balaban J connectivity index is 2.77. The van der Waals surface area contributed by atoms with E-state index in [2.05, 4.69) is 0 Å². The predicted molar refractivity (Wildman–Crippen MR) is 65.5 cm³/mol. The molecule has 1 aromatic rings. The molecule has 0 bridgehead atoms. The fourth-order valence-corrected chi connectivity index (χ4v) is 1.71. The van der Waals surface area contributed by atoms with Gasteiger partial charge in [-0.15, -0.1) is 23.2 Å². The largest absolute Gasteiger partial charge is 0.508 e. The lowest BCUT2D eigenvalue weighted by Gasteiger charge is -2.20. The lowest BCUT2D eigenvalue weighted by atomic mass is 10.2. The highest BCUT2D eigenvalue weighted by atomic mass is 35.5. The van der Waals surface area contributed by atoms with E-state index in [0.29, 0.717) is 30.4 Å². The number of hydrogen-bond acceptors (Lipinski definition) is 2. The molecule has 3 nitrogen and oxygen atoms in total. The number of hydrogen-bond donors (Lipinski definition) is 1. The molecule has 0 fully saturated rings. The Hall–Kier alpha value is -0.930. The first-order valence-electron chi connectivity index (χ1n) is 4.89. The molecule has 1 rings (SSSR count). The van der Waals surface area contributed by atoms with Gasteiger partial charge < -0.3 is 10.0 Å². The van der Waals surface area contributed by atoms with Gasteiger partial charge in [0.25, 0.3) is 5.91 Å². The molecule has 0 aliphatic carbocycles. The number of amides is 1. The topological polar surface area (TPSA) is 40.5 Å². The molecule has 0 spiro atoms. The summed E-state index contributed by atoms with van der Waals surface area (Å²) in [6.07, 6.45) is 0. The molecule has 0 unspecified atom stereocenters. The van der Waals surface area contributed by atoms with Gasteiger partial charge in [0.2, 0.25) is 0 Å². The number of carbonyl (C=O) groups is 1. The maximum atomic E-state index is 12.0. The van der Waals surface area contributed by atoms with E-state index < -0.39 is 0 Å². The lowest BCUT2D eigenvalue weighted by Crippen LogP contribution is -2.34. The van der Waals surface area contributed by atoms with Crippen LogP contribution in [0.4, 0.5) is 0 Å². The number of aromatic hydroxyl groups is 1. The molecule has 0 aliphatic heterocycles. The van der Waals surface area contributed by atoms with E-state index in [9.17, 15) is 4.79 Å². The van der Waals surface area contributed by atoms with E-state index in [-0.39, 0.29) is 11.7 Å². The number of phenols is 1. The predicted octanol–water partition coefficient (Wildman–Crippen LogP) is 2.31. The first-order valence-corrected chi connectivity index (χ1v) is 5.96. The van der Waals surface area contributed by atoms with Gasteiger partial charge in [-0.3, -0.25) is 4.79 Å². The molecule has 0 aliphatic rings. The monoisotopic (exact) mass is 261 g/mol. The summed E-state index contributed by atoms with van der Waals surface area (Å²) in [6.45, 7) is 0.933. The van der Waals surface area contributed by atoms with Crippen LogP contribution >= 0.6 is 23.2 Å². The summed E-state index contributed by atoms with van der Waals surface area (Å²) in [7, 11) is 0. The Morgan fingerprint density at radius 2 is 1.62 bits per heavy atom. The average Bonchev–Trinajstić information content (AvgIpc) is 2.29. The number of phenolic OH excluding ortho intramolecular Hbond substituents is 1. The normalized spacial score (nSPS) is 10.1. The van der Waals surface area contributed by atoms with Gasteiger partial charge in [-0.25, -0.2) is 0 Å². The summed E-state index contributed by atoms with van der Waals surface area (Å²) in [5, 5.41) is 9.12. The molecule has 0 aromatic heterocycles. The van der Waals surface area contributed by atoms with Crippen LogP contribution in [0, 0.1) is 0 Å². The Bertz CT molecular complexity index is 334. The fourth-order valence-electron chi connectivity index (χ4n) is 1.31. The van der Waals surface area contributed by atoms with Crippen molar-refractivity contribution in [1.29, 1.82) is 0 Å². The van der Waals surface area contributed by atoms with Crippen LogP contribution in [0.5, 0.6) is 5.75 Å². The van der Waals surface area contributed by atoms with Gasteiger partial charge in [0, 0.05) is 30.4 Å². The smallest absolute Gasteiger partial charge is 0.253 e. The molecule has 1 aromatic carbocycles. The number of rotatable bonds is 5. The minimum absolute atomic E-state index is 0.124. The zero-order valence-electron chi connectivity index (χ0n) is 8.70. The van der Waals surface area contributed by atoms with Crippen molar-refractivity contribution in [2.24, 2.45) is 0 Å². The van der Waals surface area contributed by atoms with Crippen molar-refractivity contribution >= 4 is 29.1 Å². The first-order chi connectivity index (χ1) is 7.69. The summed E-state index contributed by atoms with van der Waals surface area (Å²) >= 11 is 11.2. The molecule has 16 heavy (non-hydrogen) atoms. The van der Waals surface area contributed by atoms with Crippen molar-refractivity contribution in [3.63, 3.8) is 0 Å². The summed E-state index contributed by atoms with van der Waals surface area (Å²) in [5.74, 6) is 0.764. The Kier molecular flexibility index (Phi) is 5.43. The Morgan fingerprint density at radius 1 is 1.12 bits per heavy atom. The fraction of sp³-hybridized carbons (Fsp3) is 0.364. The van der Waals surface area contributed by atoms with E-state index in [1.165, 1.54) is 12.1 Å². The highest BCUT2D eigenvalue weighted by Gasteiger charge is 2.14. The molecule has 1 amide bonds. The van der Waals surface area contributed by atoms with Crippen LogP contribution in [0.3, 0.4) is 0 Å². The Labute approximate surface area is 105 Å². The lowest BCUT2D eigenvalue weighted by molar-refractivity contribution is 0.0775. The van der Waals surface area contributed by atoms with Gasteiger partial charge >= 0.3 is 0 Å². The number of nitrogens with zero attached hydrogens (tertiary/aromatic N) is 1. The van der Waals surface area contributed by atoms with E-state index in [1.54, 1.807) is 17.0 Å². The summed E-state index contributed by atoms with van der Waals surface area (Å²) in [4.78, 5) is 13.6. The molecule has 1 N–H and O–H groups in total. The second-order valence-corrected chi connectivity index (χ2v) is 3.97. The molecule has 0 saturated heterocycles. The van der Waals surface area contributed by atoms with Crippen molar-refractivity contribution < 1.29 is 9.90 Å². The third-order valence-corrected chi connectivity index (χ3v) is 2.45. The highest BCUT2D eigenvalue weighted by Crippen LogP contribution is 2.12. The van der Waals surface area contributed by atoms with Crippen LogP contribution in [-0.4, -0.2) is 40.8 Å². The van der Waals surface area contributed by atoms with Crippen LogP contribution < -0.4 is 0 Å². The van der Waals surface area contributed by atoms with Crippen LogP contribution in [-0.2, 0) is 0 Å². The molecule has 0 saturated carbocycles. The first kappa shape index (κ1) is 13.1. The number of halogens is 2. The zero-order valence-corrected chi connectivity index (χ0v) is 10.2. The third kappa shape index (κ3) is 3.58. The van der Waals surface area contributed by atoms with Gasteiger partial charge in [0.1, 0.15) is 5.75 Å². The summed E-state index contributed by atoms with van der Waals surface area (Å²) in [5.41, 5.74) is 0.521. The van der Waals surface area contributed by atoms with Gasteiger partial charge in [-0.1, -0.05) is 0 Å². The number of carbonyl (C=O) groups excluding carboxylic acids is 1. The van der Waals surface area contributed by atoms with Crippen LogP contribution in [0.1, 0.15) is 10.4 Å². The maximum absolute atomic E-state index is 12.0. The van der Waals surface area contributed by atoms with Crippen molar-refractivity contribution in [1.82, 2.24) is 4.90 Å².